The van der Waals surface area contributed by atoms with E-state index in [0.29, 0.717) is 34.6 Å². The summed E-state index contributed by atoms with van der Waals surface area (Å²) in [5.41, 5.74) is 0.704. The third-order valence-electron chi connectivity index (χ3n) is 7.55. The molecular formula is C22H42NO3+. The first-order valence-corrected chi connectivity index (χ1v) is 10.7. The van der Waals surface area contributed by atoms with Gasteiger partial charge in [0, 0.05) is 0 Å². The SMILES string of the molecule is CCCCCCOC(=O)C[N+](C)(C)CCO[C@@H]1C[C@H]2CC[C@]1(C)C2(C)C. The van der Waals surface area contributed by atoms with Crippen molar-refractivity contribution in [3.05, 3.63) is 0 Å². The standard InChI is InChI=1S/C22H42NO3/c1-7-8-9-10-14-26-20(24)17-23(5,6)13-15-25-19-16-18-11-12-22(19,4)21(18,2)3/h18-19H,7-17H2,1-6H3/q+1/t18-,19-,22+/m1/s1. The predicted molar refractivity (Wildman–Crippen MR) is 106 cm³/mol. The van der Waals surface area contributed by atoms with Gasteiger partial charge in [-0.05, 0) is 42.4 Å². The molecule has 2 bridgehead atoms. The van der Waals surface area contributed by atoms with E-state index in [2.05, 4.69) is 41.8 Å². The van der Waals surface area contributed by atoms with Gasteiger partial charge in [-0.2, -0.15) is 0 Å². The molecule has 0 unspecified atom stereocenters. The minimum Gasteiger partial charge on any atom is -0.462 e. The van der Waals surface area contributed by atoms with Gasteiger partial charge in [-0.1, -0.05) is 47.0 Å². The Labute approximate surface area is 161 Å². The van der Waals surface area contributed by atoms with Gasteiger partial charge in [0.25, 0.3) is 0 Å². The number of carbonyl (C=O) groups is 1. The number of ether oxygens (including phenoxy) is 2. The van der Waals surface area contributed by atoms with Crippen molar-refractivity contribution in [2.45, 2.75) is 78.7 Å². The van der Waals surface area contributed by atoms with Crippen molar-refractivity contribution in [3.8, 4) is 0 Å². The van der Waals surface area contributed by atoms with E-state index in [0.717, 1.165) is 31.9 Å². The molecule has 2 aliphatic rings. The van der Waals surface area contributed by atoms with Crippen LogP contribution in [0.2, 0.25) is 0 Å². The number of unbranched alkanes of at least 4 members (excludes halogenated alkanes) is 3. The second-order valence-corrected chi connectivity index (χ2v) is 10.1. The summed E-state index contributed by atoms with van der Waals surface area (Å²) in [6, 6.07) is 0. The summed E-state index contributed by atoms with van der Waals surface area (Å²) in [6.45, 7) is 12.0. The molecule has 0 aromatic rings. The molecule has 2 fully saturated rings. The lowest BCUT2D eigenvalue weighted by atomic mass is 9.70. The van der Waals surface area contributed by atoms with E-state index in [4.69, 9.17) is 9.47 Å². The highest BCUT2D eigenvalue weighted by molar-refractivity contribution is 5.70. The Morgan fingerprint density at radius 2 is 1.85 bits per heavy atom. The molecule has 2 aliphatic carbocycles. The van der Waals surface area contributed by atoms with Gasteiger partial charge < -0.3 is 14.0 Å². The van der Waals surface area contributed by atoms with E-state index in [1.807, 2.05) is 0 Å². The molecule has 0 heterocycles. The summed E-state index contributed by atoms with van der Waals surface area (Å²) < 4.78 is 12.4. The molecule has 4 heteroatoms. The van der Waals surface area contributed by atoms with E-state index >= 15 is 0 Å². The Bertz CT molecular complexity index is 474. The van der Waals surface area contributed by atoms with Gasteiger partial charge in [0.15, 0.2) is 6.54 Å². The summed E-state index contributed by atoms with van der Waals surface area (Å²) in [5.74, 6) is 0.724. The Morgan fingerprint density at radius 3 is 2.42 bits per heavy atom. The maximum atomic E-state index is 12.1. The number of carbonyl (C=O) groups excluding carboxylic acids is 1. The molecule has 0 aliphatic heterocycles. The smallest absolute Gasteiger partial charge is 0.361 e. The van der Waals surface area contributed by atoms with Gasteiger partial charge in [-0.3, -0.25) is 0 Å². The largest absolute Gasteiger partial charge is 0.462 e. The van der Waals surface area contributed by atoms with Gasteiger partial charge in [-0.15, -0.1) is 0 Å². The third-order valence-corrected chi connectivity index (χ3v) is 7.55. The number of likely N-dealkylation sites (N-methyl/N-ethyl adjacent to an activating group) is 1. The van der Waals surface area contributed by atoms with Gasteiger partial charge in [0.2, 0.25) is 0 Å². The first-order valence-electron chi connectivity index (χ1n) is 10.7. The molecule has 0 aromatic heterocycles. The lowest BCUT2D eigenvalue weighted by Crippen LogP contribution is -2.47. The number of fused-ring (bicyclic) bond motifs is 2. The zero-order valence-corrected chi connectivity index (χ0v) is 18.1. The van der Waals surface area contributed by atoms with Gasteiger partial charge in [-0.25, -0.2) is 4.79 Å². The lowest BCUT2D eigenvalue weighted by Gasteiger charge is -2.39. The fraction of sp³-hybridized carbons (Fsp3) is 0.955. The Kier molecular flexibility index (Phi) is 7.17. The Hall–Kier alpha value is -0.610. The molecule has 26 heavy (non-hydrogen) atoms. The van der Waals surface area contributed by atoms with Crippen LogP contribution in [0.1, 0.15) is 72.6 Å². The van der Waals surface area contributed by atoms with Crippen molar-refractivity contribution in [2.24, 2.45) is 16.7 Å². The fourth-order valence-corrected chi connectivity index (χ4v) is 5.01. The van der Waals surface area contributed by atoms with Crippen LogP contribution in [0.5, 0.6) is 0 Å². The highest BCUT2D eigenvalue weighted by Crippen LogP contribution is 2.66. The zero-order valence-electron chi connectivity index (χ0n) is 18.1. The number of nitrogens with zero attached hydrogens (tertiary/aromatic N) is 1. The quantitative estimate of drug-likeness (QED) is 0.308. The fourth-order valence-electron chi connectivity index (χ4n) is 5.01. The average Bonchev–Trinajstić information content (AvgIpc) is 2.87. The molecule has 0 spiro atoms. The van der Waals surface area contributed by atoms with Crippen LogP contribution < -0.4 is 0 Å². The summed E-state index contributed by atoms with van der Waals surface area (Å²) in [7, 11) is 4.18. The van der Waals surface area contributed by atoms with E-state index in [1.165, 1.54) is 32.1 Å². The van der Waals surface area contributed by atoms with E-state index in [-0.39, 0.29) is 5.97 Å². The molecular weight excluding hydrogens is 326 g/mol. The maximum Gasteiger partial charge on any atom is 0.361 e. The predicted octanol–water partition coefficient (Wildman–Crippen LogP) is 4.42. The molecule has 0 N–H and O–H groups in total. The van der Waals surface area contributed by atoms with E-state index < -0.39 is 0 Å². The molecule has 0 saturated heterocycles. The molecule has 2 rings (SSSR count). The molecule has 0 amide bonds. The highest BCUT2D eigenvalue weighted by atomic mass is 16.5. The van der Waals surface area contributed by atoms with Crippen LogP contribution in [-0.4, -0.2) is 57.0 Å². The Balaban J connectivity index is 1.68. The van der Waals surface area contributed by atoms with Crippen LogP contribution in [-0.2, 0) is 14.3 Å². The number of hydrogen-bond donors (Lipinski definition) is 0. The summed E-state index contributed by atoms with van der Waals surface area (Å²) in [4.78, 5) is 12.1. The molecule has 152 valence electrons. The van der Waals surface area contributed by atoms with Crippen LogP contribution in [0.4, 0.5) is 0 Å². The molecule has 3 atom stereocenters. The molecule has 0 aromatic carbocycles. The van der Waals surface area contributed by atoms with Gasteiger partial charge >= 0.3 is 5.97 Å². The molecule has 0 radical (unpaired) electrons. The number of esters is 1. The van der Waals surface area contributed by atoms with Crippen molar-refractivity contribution in [2.75, 3.05) is 40.4 Å². The highest BCUT2D eigenvalue weighted by Gasteiger charge is 2.61. The minimum absolute atomic E-state index is 0.0838. The van der Waals surface area contributed by atoms with Gasteiger partial charge in [0.1, 0.15) is 6.54 Å². The number of rotatable bonds is 11. The van der Waals surface area contributed by atoms with Crippen LogP contribution in [0.15, 0.2) is 0 Å². The summed E-state index contributed by atoms with van der Waals surface area (Å²) in [5, 5.41) is 0. The maximum absolute atomic E-state index is 12.1. The number of hydrogen-bond acceptors (Lipinski definition) is 3. The third kappa shape index (κ3) is 4.81. The number of quaternary nitrogens is 1. The van der Waals surface area contributed by atoms with Crippen LogP contribution >= 0.6 is 0 Å². The van der Waals surface area contributed by atoms with Crippen molar-refractivity contribution < 1.29 is 18.8 Å². The zero-order chi connectivity index (χ0) is 19.4. The second-order valence-electron chi connectivity index (χ2n) is 10.1. The molecule has 4 nitrogen and oxygen atoms in total. The normalized spacial score (nSPS) is 29.9. The van der Waals surface area contributed by atoms with E-state index in [1.54, 1.807) is 0 Å². The van der Waals surface area contributed by atoms with Crippen LogP contribution in [0, 0.1) is 16.7 Å². The molecule has 2 saturated carbocycles. The van der Waals surface area contributed by atoms with Crippen molar-refractivity contribution in [1.82, 2.24) is 0 Å². The average molecular weight is 369 g/mol. The minimum atomic E-state index is -0.0838. The topological polar surface area (TPSA) is 35.5 Å². The van der Waals surface area contributed by atoms with Crippen molar-refractivity contribution in [1.29, 1.82) is 0 Å². The van der Waals surface area contributed by atoms with Crippen LogP contribution in [0.3, 0.4) is 0 Å². The van der Waals surface area contributed by atoms with E-state index in [9.17, 15) is 4.79 Å². The monoisotopic (exact) mass is 368 g/mol. The second kappa shape index (κ2) is 8.60. The Morgan fingerprint density at radius 1 is 1.12 bits per heavy atom. The lowest BCUT2D eigenvalue weighted by molar-refractivity contribution is -0.883. The van der Waals surface area contributed by atoms with Crippen molar-refractivity contribution >= 4 is 5.97 Å². The van der Waals surface area contributed by atoms with Crippen molar-refractivity contribution in [3.63, 3.8) is 0 Å². The first kappa shape index (κ1) is 21.7. The first-order chi connectivity index (χ1) is 12.1. The summed E-state index contributed by atoms with van der Waals surface area (Å²) >= 11 is 0. The summed E-state index contributed by atoms with van der Waals surface area (Å²) in [6.07, 6.45) is 8.77. The van der Waals surface area contributed by atoms with Crippen LogP contribution in [0.25, 0.3) is 0 Å². The van der Waals surface area contributed by atoms with Gasteiger partial charge in [0.05, 0.1) is 33.4 Å².